The summed E-state index contributed by atoms with van der Waals surface area (Å²) in [6, 6.07) is 5.60. The van der Waals surface area contributed by atoms with Crippen LogP contribution in [-0.4, -0.2) is 33.7 Å². The molecule has 2 rings (SSSR count). The number of carboxylic acid groups (broad SMARTS) is 1. The monoisotopic (exact) mass is 292 g/mol. The Bertz CT molecular complexity index is 521. The first-order valence-corrected chi connectivity index (χ1v) is 7.02. The molecule has 1 atom stereocenters. The Labute approximate surface area is 123 Å². The number of carbonyl (C=O) groups is 2. The standard InChI is InChI=1S/C15H20N2O4/c16-12(9-10-3-5-11(18)6-4-10)13(19)17-15(14(20)21)7-1-2-8-15/h3-6,12,18H,1-2,7-9,16H2,(H,17,19)(H,20,21). The second kappa shape index (κ2) is 6.13. The van der Waals surface area contributed by atoms with Crippen LogP contribution in [0.1, 0.15) is 31.2 Å². The van der Waals surface area contributed by atoms with Gasteiger partial charge >= 0.3 is 5.97 Å². The average Bonchev–Trinajstić information content (AvgIpc) is 2.91. The Morgan fingerprint density at radius 3 is 2.33 bits per heavy atom. The molecule has 1 aliphatic rings. The van der Waals surface area contributed by atoms with E-state index in [1.165, 1.54) is 12.1 Å². The number of carbonyl (C=O) groups excluding carboxylic acids is 1. The van der Waals surface area contributed by atoms with Crippen molar-refractivity contribution in [2.24, 2.45) is 5.73 Å². The van der Waals surface area contributed by atoms with Crippen molar-refractivity contribution in [1.82, 2.24) is 5.32 Å². The number of benzene rings is 1. The van der Waals surface area contributed by atoms with Crippen LogP contribution in [0, 0.1) is 0 Å². The molecule has 0 bridgehead atoms. The van der Waals surface area contributed by atoms with Crippen LogP contribution in [0.15, 0.2) is 24.3 Å². The molecule has 1 unspecified atom stereocenters. The van der Waals surface area contributed by atoms with Crippen molar-refractivity contribution in [2.45, 2.75) is 43.7 Å². The van der Waals surface area contributed by atoms with Crippen molar-refractivity contribution >= 4 is 11.9 Å². The zero-order valence-electron chi connectivity index (χ0n) is 11.7. The van der Waals surface area contributed by atoms with E-state index in [0.29, 0.717) is 19.3 Å². The van der Waals surface area contributed by atoms with Crippen molar-refractivity contribution < 1.29 is 19.8 Å². The highest BCUT2D eigenvalue weighted by molar-refractivity contribution is 5.89. The molecule has 0 heterocycles. The zero-order chi connectivity index (χ0) is 15.5. The van der Waals surface area contributed by atoms with Gasteiger partial charge in [0.1, 0.15) is 11.3 Å². The molecule has 1 aromatic carbocycles. The molecule has 1 aromatic rings. The van der Waals surface area contributed by atoms with E-state index in [-0.39, 0.29) is 5.75 Å². The Morgan fingerprint density at radius 1 is 1.24 bits per heavy atom. The molecule has 6 heteroatoms. The van der Waals surface area contributed by atoms with Gasteiger partial charge in [-0.25, -0.2) is 4.79 Å². The summed E-state index contributed by atoms with van der Waals surface area (Å²) in [4.78, 5) is 23.5. The molecule has 0 aliphatic heterocycles. The normalized spacial score (nSPS) is 18.1. The fraction of sp³-hybridized carbons (Fsp3) is 0.467. The molecule has 0 aromatic heterocycles. The molecule has 0 radical (unpaired) electrons. The van der Waals surface area contributed by atoms with Crippen LogP contribution in [0.3, 0.4) is 0 Å². The fourth-order valence-electron chi connectivity index (χ4n) is 2.68. The number of nitrogens with two attached hydrogens (primary N) is 1. The molecule has 1 amide bonds. The van der Waals surface area contributed by atoms with Gasteiger partial charge in [-0.05, 0) is 37.0 Å². The first-order chi connectivity index (χ1) is 9.93. The molecular formula is C15H20N2O4. The minimum atomic E-state index is -1.16. The first kappa shape index (κ1) is 15.3. The van der Waals surface area contributed by atoms with Gasteiger partial charge in [0.15, 0.2) is 0 Å². The Morgan fingerprint density at radius 2 is 1.81 bits per heavy atom. The molecular weight excluding hydrogens is 272 g/mol. The van der Waals surface area contributed by atoms with Crippen LogP contribution >= 0.6 is 0 Å². The van der Waals surface area contributed by atoms with Crippen LogP contribution in [0.4, 0.5) is 0 Å². The highest BCUT2D eigenvalue weighted by Crippen LogP contribution is 2.30. The lowest BCUT2D eigenvalue weighted by atomic mass is 9.96. The number of aliphatic carboxylic acids is 1. The Kier molecular flexibility index (Phi) is 4.47. The highest BCUT2D eigenvalue weighted by atomic mass is 16.4. The van der Waals surface area contributed by atoms with Gasteiger partial charge in [0.25, 0.3) is 0 Å². The van der Waals surface area contributed by atoms with Crippen molar-refractivity contribution in [1.29, 1.82) is 0 Å². The predicted molar refractivity (Wildman–Crippen MR) is 76.8 cm³/mol. The maximum atomic E-state index is 12.1. The second-order valence-electron chi connectivity index (χ2n) is 5.56. The van der Waals surface area contributed by atoms with Gasteiger partial charge in [0, 0.05) is 0 Å². The van der Waals surface area contributed by atoms with E-state index in [0.717, 1.165) is 18.4 Å². The van der Waals surface area contributed by atoms with E-state index in [1.54, 1.807) is 12.1 Å². The predicted octanol–water partition coefficient (Wildman–Crippen LogP) is 0.776. The number of carboxylic acids is 1. The lowest BCUT2D eigenvalue weighted by molar-refractivity contribution is -0.147. The topological polar surface area (TPSA) is 113 Å². The van der Waals surface area contributed by atoms with E-state index in [1.807, 2.05) is 0 Å². The smallest absolute Gasteiger partial charge is 0.329 e. The van der Waals surface area contributed by atoms with E-state index in [2.05, 4.69) is 5.32 Å². The van der Waals surface area contributed by atoms with Gasteiger partial charge in [-0.15, -0.1) is 0 Å². The molecule has 0 spiro atoms. The average molecular weight is 292 g/mol. The third-order valence-electron chi connectivity index (χ3n) is 3.96. The third-order valence-corrected chi connectivity index (χ3v) is 3.96. The molecule has 6 nitrogen and oxygen atoms in total. The summed E-state index contributed by atoms with van der Waals surface area (Å²) >= 11 is 0. The summed E-state index contributed by atoms with van der Waals surface area (Å²) in [7, 11) is 0. The summed E-state index contributed by atoms with van der Waals surface area (Å²) in [6.45, 7) is 0. The number of phenolic OH excluding ortho intramolecular Hbond substituents is 1. The van der Waals surface area contributed by atoms with Gasteiger partial charge in [0.2, 0.25) is 5.91 Å². The fourth-order valence-corrected chi connectivity index (χ4v) is 2.68. The van der Waals surface area contributed by atoms with Crippen LogP contribution in [0.2, 0.25) is 0 Å². The van der Waals surface area contributed by atoms with Crippen molar-refractivity contribution in [2.75, 3.05) is 0 Å². The summed E-state index contributed by atoms with van der Waals surface area (Å²) in [5.41, 5.74) is 5.51. The molecule has 5 N–H and O–H groups in total. The molecule has 114 valence electrons. The van der Waals surface area contributed by atoms with Crippen molar-refractivity contribution in [3.05, 3.63) is 29.8 Å². The minimum absolute atomic E-state index is 0.146. The van der Waals surface area contributed by atoms with Crippen LogP contribution in [0.25, 0.3) is 0 Å². The van der Waals surface area contributed by atoms with E-state index < -0.39 is 23.5 Å². The summed E-state index contributed by atoms with van der Waals surface area (Å²) in [6.07, 6.45) is 2.77. The Balaban J connectivity index is 1.99. The quantitative estimate of drug-likeness (QED) is 0.640. The van der Waals surface area contributed by atoms with Crippen molar-refractivity contribution in [3.8, 4) is 5.75 Å². The van der Waals surface area contributed by atoms with Crippen LogP contribution in [0.5, 0.6) is 5.75 Å². The van der Waals surface area contributed by atoms with Gasteiger partial charge in [-0.2, -0.15) is 0 Å². The number of hydrogen-bond donors (Lipinski definition) is 4. The van der Waals surface area contributed by atoms with E-state index in [4.69, 9.17) is 5.73 Å². The van der Waals surface area contributed by atoms with Gasteiger partial charge in [-0.1, -0.05) is 25.0 Å². The van der Waals surface area contributed by atoms with Gasteiger partial charge in [0.05, 0.1) is 6.04 Å². The molecule has 1 aliphatic carbocycles. The Hall–Kier alpha value is -2.08. The SMILES string of the molecule is NC(Cc1ccc(O)cc1)C(=O)NC1(C(=O)O)CCCC1. The lowest BCUT2D eigenvalue weighted by Gasteiger charge is -2.27. The number of aromatic hydroxyl groups is 1. The van der Waals surface area contributed by atoms with Crippen LogP contribution < -0.4 is 11.1 Å². The minimum Gasteiger partial charge on any atom is -0.508 e. The summed E-state index contributed by atoms with van der Waals surface area (Å²) < 4.78 is 0. The highest BCUT2D eigenvalue weighted by Gasteiger charge is 2.43. The number of hydrogen-bond acceptors (Lipinski definition) is 4. The van der Waals surface area contributed by atoms with Gasteiger partial charge < -0.3 is 21.3 Å². The number of nitrogens with one attached hydrogen (secondary N) is 1. The number of amides is 1. The molecule has 0 saturated heterocycles. The van der Waals surface area contributed by atoms with Gasteiger partial charge in [-0.3, -0.25) is 4.79 Å². The second-order valence-corrected chi connectivity index (χ2v) is 5.56. The van der Waals surface area contributed by atoms with Crippen LogP contribution in [-0.2, 0) is 16.0 Å². The third kappa shape index (κ3) is 3.52. The first-order valence-electron chi connectivity index (χ1n) is 7.02. The van der Waals surface area contributed by atoms with Crippen molar-refractivity contribution in [3.63, 3.8) is 0 Å². The largest absolute Gasteiger partial charge is 0.508 e. The lowest BCUT2D eigenvalue weighted by Crippen LogP contribution is -2.57. The molecule has 1 fully saturated rings. The molecule has 1 saturated carbocycles. The molecule has 21 heavy (non-hydrogen) atoms. The zero-order valence-corrected chi connectivity index (χ0v) is 11.7. The summed E-state index contributed by atoms with van der Waals surface area (Å²) in [5.74, 6) is -1.30. The maximum absolute atomic E-state index is 12.1. The van der Waals surface area contributed by atoms with E-state index in [9.17, 15) is 19.8 Å². The maximum Gasteiger partial charge on any atom is 0.329 e. The number of phenols is 1. The summed E-state index contributed by atoms with van der Waals surface area (Å²) in [5, 5.41) is 21.2. The number of rotatable bonds is 5. The van der Waals surface area contributed by atoms with E-state index >= 15 is 0 Å².